The maximum absolute atomic E-state index is 12.5. The number of benzene rings is 1. The third-order valence-corrected chi connectivity index (χ3v) is 6.30. The average molecular weight is 328 g/mol. The van der Waals surface area contributed by atoms with Gasteiger partial charge in [-0.25, -0.2) is 0 Å². The largest absolute Gasteiger partial charge is 0.274 e. The summed E-state index contributed by atoms with van der Waals surface area (Å²) in [5, 5.41) is -0.324. The first-order valence-electron chi connectivity index (χ1n) is 8.68. The minimum Gasteiger partial charge on any atom is -0.274 e. The third kappa shape index (κ3) is 3.36. The van der Waals surface area contributed by atoms with Crippen LogP contribution in [0, 0.1) is 17.8 Å². The van der Waals surface area contributed by atoms with Crippen molar-refractivity contribution >= 4 is 14.0 Å². The molecule has 2 rings (SSSR count). The summed E-state index contributed by atoms with van der Waals surface area (Å²) in [6, 6.07) is 10.5. The normalized spacial score (nSPS) is 22.4. The molecule has 0 spiro atoms. The highest BCUT2D eigenvalue weighted by atomic mass is 31.1. The van der Waals surface area contributed by atoms with Crippen LogP contribution in [-0.2, 0) is 4.57 Å². The lowest BCUT2D eigenvalue weighted by Gasteiger charge is -2.41. The maximum atomic E-state index is 12.5. The standard InChI is InChI=1S/C21H29OP/c1-14(2)18-12-19(15(3)4)20(17-10-8-7-9-11-17)21(13-18,23-22)16(5)6/h7-12,14-16H,13H2,1-6H3. The zero-order valence-corrected chi connectivity index (χ0v) is 16.2. The van der Waals surface area contributed by atoms with E-state index in [2.05, 4.69) is 71.9 Å². The van der Waals surface area contributed by atoms with Crippen LogP contribution in [0.4, 0.5) is 0 Å². The molecule has 1 unspecified atom stereocenters. The van der Waals surface area contributed by atoms with E-state index in [0.29, 0.717) is 17.8 Å². The molecule has 1 aromatic rings. The zero-order chi connectivity index (χ0) is 17.2. The van der Waals surface area contributed by atoms with Crippen molar-refractivity contribution in [3.63, 3.8) is 0 Å². The topological polar surface area (TPSA) is 17.1 Å². The van der Waals surface area contributed by atoms with Crippen molar-refractivity contribution in [2.24, 2.45) is 17.8 Å². The smallest absolute Gasteiger partial charge is 0.167 e. The van der Waals surface area contributed by atoms with Gasteiger partial charge in [-0.05, 0) is 40.9 Å². The Labute approximate surface area is 143 Å². The van der Waals surface area contributed by atoms with E-state index in [4.69, 9.17) is 0 Å². The number of hydrogen-bond donors (Lipinski definition) is 0. The van der Waals surface area contributed by atoms with Gasteiger partial charge in [0.15, 0.2) is 8.46 Å². The first-order valence-corrected chi connectivity index (χ1v) is 9.49. The Bertz CT molecular complexity index is 623. The minimum atomic E-state index is -0.324. The van der Waals surface area contributed by atoms with Crippen molar-refractivity contribution in [1.82, 2.24) is 0 Å². The number of hydrogen-bond acceptors (Lipinski definition) is 1. The summed E-state index contributed by atoms with van der Waals surface area (Å²) >= 11 is 0. The molecular weight excluding hydrogens is 299 g/mol. The van der Waals surface area contributed by atoms with Gasteiger partial charge in [-0.15, -0.1) is 0 Å². The summed E-state index contributed by atoms with van der Waals surface area (Å²) in [7, 11) is 0.235. The van der Waals surface area contributed by atoms with Gasteiger partial charge < -0.3 is 0 Å². The van der Waals surface area contributed by atoms with Crippen LogP contribution in [0.5, 0.6) is 0 Å². The summed E-state index contributed by atoms with van der Waals surface area (Å²) < 4.78 is 12.5. The molecule has 0 saturated carbocycles. The van der Waals surface area contributed by atoms with Crippen LogP contribution in [0.1, 0.15) is 53.5 Å². The van der Waals surface area contributed by atoms with E-state index in [1.807, 2.05) is 6.07 Å². The lowest BCUT2D eigenvalue weighted by atomic mass is 9.70. The third-order valence-electron chi connectivity index (χ3n) is 5.08. The van der Waals surface area contributed by atoms with Gasteiger partial charge >= 0.3 is 0 Å². The van der Waals surface area contributed by atoms with Crippen LogP contribution in [0.2, 0.25) is 0 Å². The molecule has 1 aliphatic carbocycles. The van der Waals surface area contributed by atoms with E-state index in [0.717, 1.165) is 6.42 Å². The molecule has 0 radical (unpaired) electrons. The maximum Gasteiger partial charge on any atom is 0.167 e. The molecule has 0 aliphatic heterocycles. The SMILES string of the molecule is CC(C)C1=CC(C(C)C)=C(c2ccccc2)C(P=O)(C(C)C)C1. The van der Waals surface area contributed by atoms with Crippen molar-refractivity contribution < 1.29 is 4.57 Å². The highest BCUT2D eigenvalue weighted by molar-refractivity contribution is 7.27. The lowest BCUT2D eigenvalue weighted by molar-refractivity contribution is 0.467. The summed E-state index contributed by atoms with van der Waals surface area (Å²) in [5.74, 6) is 1.22. The van der Waals surface area contributed by atoms with Crippen LogP contribution >= 0.6 is 8.46 Å². The molecule has 124 valence electrons. The van der Waals surface area contributed by atoms with E-state index < -0.39 is 0 Å². The average Bonchev–Trinajstić information content (AvgIpc) is 2.53. The van der Waals surface area contributed by atoms with Crippen molar-refractivity contribution in [3.05, 3.63) is 53.1 Å². The van der Waals surface area contributed by atoms with E-state index in [-0.39, 0.29) is 13.6 Å². The fraction of sp³-hybridized carbons (Fsp3) is 0.524. The Hall–Kier alpha value is -1.20. The molecule has 0 bridgehead atoms. The van der Waals surface area contributed by atoms with Gasteiger partial charge in [0.25, 0.3) is 0 Å². The van der Waals surface area contributed by atoms with Gasteiger partial charge in [0.1, 0.15) is 0 Å². The fourth-order valence-electron chi connectivity index (χ4n) is 3.50. The Morgan fingerprint density at radius 2 is 1.57 bits per heavy atom. The van der Waals surface area contributed by atoms with Gasteiger partial charge in [0.05, 0.1) is 5.16 Å². The molecule has 0 fully saturated rings. The summed E-state index contributed by atoms with van der Waals surface area (Å²) in [6.07, 6.45) is 3.26. The molecule has 1 aliphatic rings. The van der Waals surface area contributed by atoms with Crippen molar-refractivity contribution in [2.75, 3.05) is 0 Å². The van der Waals surface area contributed by atoms with Crippen LogP contribution in [-0.4, -0.2) is 5.16 Å². The Balaban J connectivity index is 2.81. The van der Waals surface area contributed by atoms with Gasteiger partial charge in [-0.1, -0.05) is 83.5 Å². The second-order valence-electron chi connectivity index (χ2n) is 7.57. The van der Waals surface area contributed by atoms with Crippen LogP contribution in [0.3, 0.4) is 0 Å². The van der Waals surface area contributed by atoms with Gasteiger partial charge in [-0.3, -0.25) is 4.57 Å². The molecular formula is C21H29OP. The predicted octanol–water partition coefficient (Wildman–Crippen LogP) is 6.77. The van der Waals surface area contributed by atoms with Crippen LogP contribution in [0.25, 0.3) is 5.57 Å². The quantitative estimate of drug-likeness (QED) is 0.545. The summed E-state index contributed by atoms with van der Waals surface area (Å²) in [5.41, 5.74) is 5.27. The van der Waals surface area contributed by atoms with Crippen LogP contribution < -0.4 is 0 Å². The molecule has 0 heterocycles. The first kappa shape index (κ1) is 18.1. The van der Waals surface area contributed by atoms with Crippen molar-refractivity contribution in [3.8, 4) is 0 Å². The number of allylic oxidation sites excluding steroid dienone is 4. The summed E-state index contributed by atoms with van der Waals surface area (Å²) in [6.45, 7) is 13.4. The van der Waals surface area contributed by atoms with E-state index in [9.17, 15) is 4.57 Å². The second-order valence-corrected chi connectivity index (χ2v) is 8.55. The molecule has 0 N–H and O–H groups in total. The van der Waals surface area contributed by atoms with Crippen molar-refractivity contribution in [2.45, 2.75) is 53.1 Å². The van der Waals surface area contributed by atoms with E-state index >= 15 is 0 Å². The zero-order valence-electron chi connectivity index (χ0n) is 15.3. The highest BCUT2D eigenvalue weighted by Gasteiger charge is 2.44. The van der Waals surface area contributed by atoms with Crippen molar-refractivity contribution in [1.29, 1.82) is 0 Å². The first-order chi connectivity index (χ1) is 10.8. The second kappa shape index (κ2) is 7.14. The lowest BCUT2D eigenvalue weighted by Crippen LogP contribution is -2.35. The molecule has 1 nitrogen and oxygen atoms in total. The Kier molecular flexibility index (Phi) is 5.63. The Morgan fingerprint density at radius 1 is 0.957 bits per heavy atom. The monoisotopic (exact) mass is 328 g/mol. The summed E-state index contributed by atoms with van der Waals surface area (Å²) in [4.78, 5) is 0. The van der Waals surface area contributed by atoms with Crippen LogP contribution in [0.15, 0.2) is 47.6 Å². The molecule has 23 heavy (non-hydrogen) atoms. The number of rotatable bonds is 5. The molecule has 0 aromatic heterocycles. The highest BCUT2D eigenvalue weighted by Crippen LogP contribution is 2.54. The van der Waals surface area contributed by atoms with Gasteiger partial charge in [0.2, 0.25) is 0 Å². The Morgan fingerprint density at radius 3 is 2.00 bits per heavy atom. The van der Waals surface area contributed by atoms with E-state index in [1.54, 1.807) is 0 Å². The molecule has 0 saturated heterocycles. The molecule has 2 heteroatoms. The molecule has 0 amide bonds. The van der Waals surface area contributed by atoms with Gasteiger partial charge in [-0.2, -0.15) is 0 Å². The minimum absolute atomic E-state index is 0.235. The van der Waals surface area contributed by atoms with E-state index in [1.165, 1.54) is 22.3 Å². The molecule has 1 aromatic carbocycles. The fourth-order valence-corrected chi connectivity index (χ4v) is 4.30. The predicted molar refractivity (Wildman–Crippen MR) is 101 cm³/mol. The molecule has 1 atom stereocenters. The van der Waals surface area contributed by atoms with Gasteiger partial charge in [0, 0.05) is 0 Å².